The predicted octanol–water partition coefficient (Wildman–Crippen LogP) is 1.08. The van der Waals surface area contributed by atoms with Crippen LogP contribution in [0.2, 0.25) is 0 Å². The van der Waals surface area contributed by atoms with Gasteiger partial charge in [0.15, 0.2) is 0 Å². The van der Waals surface area contributed by atoms with E-state index in [0.717, 1.165) is 11.3 Å². The highest BCUT2D eigenvalue weighted by atomic mass is 16.5. The maximum absolute atomic E-state index is 8.53. The summed E-state index contributed by atoms with van der Waals surface area (Å²) in [6, 6.07) is 7.61. The average Bonchev–Trinajstić information content (AvgIpc) is 2.15. The second-order valence-corrected chi connectivity index (χ2v) is 2.93. The summed E-state index contributed by atoms with van der Waals surface area (Å²) in [4.78, 5) is 0. The Morgan fingerprint density at radius 2 is 2.00 bits per heavy atom. The first-order chi connectivity index (χ1) is 6.24. The molecule has 0 radical (unpaired) electrons. The first-order valence-electron chi connectivity index (χ1n) is 4.33. The Kier molecular flexibility index (Phi) is 3.73. The molecule has 0 spiro atoms. The molecule has 1 atom stereocenters. The second kappa shape index (κ2) is 4.84. The molecule has 0 saturated carbocycles. The molecule has 72 valence electrons. The molecule has 1 aromatic carbocycles. The zero-order chi connectivity index (χ0) is 9.68. The first-order valence-corrected chi connectivity index (χ1v) is 4.33. The lowest BCUT2D eigenvalue weighted by atomic mass is 10.1. The van der Waals surface area contributed by atoms with Crippen LogP contribution in [0.15, 0.2) is 24.3 Å². The minimum atomic E-state index is 0.0367. The number of rotatable bonds is 4. The zero-order valence-electron chi connectivity index (χ0n) is 7.73. The van der Waals surface area contributed by atoms with Crippen LogP contribution in [0.5, 0.6) is 5.75 Å². The van der Waals surface area contributed by atoms with Crippen LogP contribution < -0.4 is 10.5 Å². The van der Waals surface area contributed by atoms with Crippen molar-refractivity contribution < 1.29 is 9.84 Å². The Morgan fingerprint density at radius 3 is 2.46 bits per heavy atom. The quantitative estimate of drug-likeness (QED) is 0.730. The molecule has 0 aliphatic carbocycles. The molecule has 0 fully saturated rings. The summed E-state index contributed by atoms with van der Waals surface area (Å²) >= 11 is 0. The molecule has 3 N–H and O–H groups in total. The minimum Gasteiger partial charge on any atom is -0.491 e. The van der Waals surface area contributed by atoms with Gasteiger partial charge in [-0.15, -0.1) is 0 Å². The van der Waals surface area contributed by atoms with Crippen LogP contribution in [-0.2, 0) is 0 Å². The van der Waals surface area contributed by atoms with Gasteiger partial charge in [0, 0.05) is 6.04 Å². The topological polar surface area (TPSA) is 55.5 Å². The fraction of sp³-hybridized carbons (Fsp3) is 0.400. The fourth-order valence-electron chi connectivity index (χ4n) is 1.03. The Labute approximate surface area is 78.1 Å². The van der Waals surface area contributed by atoms with Crippen molar-refractivity contribution in [3.63, 3.8) is 0 Å². The van der Waals surface area contributed by atoms with E-state index < -0.39 is 0 Å². The molecule has 1 aromatic rings. The second-order valence-electron chi connectivity index (χ2n) is 2.93. The molecule has 1 rings (SSSR count). The van der Waals surface area contributed by atoms with Crippen LogP contribution in [0.3, 0.4) is 0 Å². The number of ether oxygens (including phenoxy) is 1. The highest BCUT2D eigenvalue weighted by Gasteiger charge is 1.98. The van der Waals surface area contributed by atoms with Crippen LogP contribution in [0, 0.1) is 0 Å². The van der Waals surface area contributed by atoms with E-state index in [0.29, 0.717) is 6.61 Å². The van der Waals surface area contributed by atoms with Gasteiger partial charge in [-0.3, -0.25) is 0 Å². The largest absolute Gasteiger partial charge is 0.491 e. The number of benzene rings is 1. The van der Waals surface area contributed by atoms with Gasteiger partial charge in [-0.1, -0.05) is 12.1 Å². The Hall–Kier alpha value is -1.06. The fourth-order valence-corrected chi connectivity index (χ4v) is 1.03. The zero-order valence-corrected chi connectivity index (χ0v) is 7.73. The van der Waals surface area contributed by atoms with Crippen molar-refractivity contribution in [1.82, 2.24) is 0 Å². The third kappa shape index (κ3) is 3.05. The van der Waals surface area contributed by atoms with Gasteiger partial charge < -0.3 is 15.6 Å². The van der Waals surface area contributed by atoms with Gasteiger partial charge in [-0.05, 0) is 24.6 Å². The van der Waals surface area contributed by atoms with Gasteiger partial charge in [-0.25, -0.2) is 0 Å². The predicted molar refractivity (Wildman–Crippen MR) is 51.6 cm³/mol. The normalized spacial score (nSPS) is 12.5. The molecule has 0 amide bonds. The summed E-state index contributed by atoms with van der Waals surface area (Å²) in [6.07, 6.45) is 0. The van der Waals surface area contributed by atoms with E-state index in [4.69, 9.17) is 15.6 Å². The number of hydrogen-bond donors (Lipinski definition) is 2. The standard InChI is InChI=1S/C10H15NO2/c1-8(11)9-2-4-10(5-3-9)13-7-6-12/h2-5,8,12H,6-7,11H2,1H3/t8-/m0/s1. The number of aliphatic hydroxyl groups excluding tert-OH is 1. The van der Waals surface area contributed by atoms with Gasteiger partial charge in [0.25, 0.3) is 0 Å². The van der Waals surface area contributed by atoms with Crippen molar-refractivity contribution in [3.8, 4) is 5.75 Å². The molecule has 0 unspecified atom stereocenters. The van der Waals surface area contributed by atoms with Crippen molar-refractivity contribution >= 4 is 0 Å². The summed E-state index contributed by atoms with van der Waals surface area (Å²) in [5.41, 5.74) is 6.76. The van der Waals surface area contributed by atoms with Crippen LogP contribution in [0.25, 0.3) is 0 Å². The molecular formula is C10H15NO2. The van der Waals surface area contributed by atoms with Crippen LogP contribution >= 0.6 is 0 Å². The first kappa shape index (κ1) is 10.0. The lowest BCUT2D eigenvalue weighted by Gasteiger charge is -2.07. The van der Waals surface area contributed by atoms with Crippen molar-refractivity contribution in [2.24, 2.45) is 5.73 Å². The monoisotopic (exact) mass is 181 g/mol. The molecule has 0 bridgehead atoms. The highest BCUT2D eigenvalue weighted by Crippen LogP contribution is 2.15. The average molecular weight is 181 g/mol. The molecule has 13 heavy (non-hydrogen) atoms. The van der Waals surface area contributed by atoms with Gasteiger partial charge >= 0.3 is 0 Å². The van der Waals surface area contributed by atoms with Gasteiger partial charge in [0.2, 0.25) is 0 Å². The molecule has 0 heterocycles. The summed E-state index contributed by atoms with van der Waals surface area (Å²) in [7, 11) is 0. The lowest BCUT2D eigenvalue weighted by Crippen LogP contribution is -2.05. The van der Waals surface area contributed by atoms with Gasteiger partial charge in [0.1, 0.15) is 12.4 Å². The molecule has 3 nitrogen and oxygen atoms in total. The SMILES string of the molecule is C[C@H](N)c1ccc(OCCO)cc1. The summed E-state index contributed by atoms with van der Waals surface area (Å²) in [6.45, 7) is 2.30. The third-order valence-corrected chi connectivity index (χ3v) is 1.77. The maximum atomic E-state index is 8.53. The Balaban J connectivity index is 2.59. The minimum absolute atomic E-state index is 0.0367. The van der Waals surface area contributed by atoms with E-state index >= 15 is 0 Å². The third-order valence-electron chi connectivity index (χ3n) is 1.77. The number of aliphatic hydroxyl groups is 1. The molecule has 0 saturated heterocycles. The Bertz CT molecular complexity index is 244. The van der Waals surface area contributed by atoms with Crippen LogP contribution in [0.4, 0.5) is 0 Å². The van der Waals surface area contributed by atoms with Crippen LogP contribution in [0.1, 0.15) is 18.5 Å². The molecule has 0 aliphatic rings. The van der Waals surface area contributed by atoms with Crippen molar-refractivity contribution in [2.45, 2.75) is 13.0 Å². The summed E-state index contributed by atoms with van der Waals surface area (Å²) in [5.74, 6) is 0.762. The van der Waals surface area contributed by atoms with E-state index in [1.165, 1.54) is 0 Å². The Morgan fingerprint density at radius 1 is 1.38 bits per heavy atom. The van der Waals surface area contributed by atoms with E-state index in [1.807, 2.05) is 31.2 Å². The maximum Gasteiger partial charge on any atom is 0.119 e. The van der Waals surface area contributed by atoms with Crippen LogP contribution in [-0.4, -0.2) is 18.3 Å². The van der Waals surface area contributed by atoms with E-state index in [9.17, 15) is 0 Å². The van der Waals surface area contributed by atoms with E-state index in [1.54, 1.807) is 0 Å². The van der Waals surface area contributed by atoms with E-state index in [-0.39, 0.29) is 12.6 Å². The van der Waals surface area contributed by atoms with Crippen molar-refractivity contribution in [1.29, 1.82) is 0 Å². The van der Waals surface area contributed by atoms with Gasteiger partial charge in [-0.2, -0.15) is 0 Å². The molecule has 3 heteroatoms. The number of hydrogen-bond acceptors (Lipinski definition) is 3. The molecule has 0 aliphatic heterocycles. The number of nitrogens with two attached hydrogens (primary N) is 1. The smallest absolute Gasteiger partial charge is 0.119 e. The summed E-state index contributed by atoms with van der Waals surface area (Å²) in [5, 5.41) is 8.53. The van der Waals surface area contributed by atoms with Crippen molar-refractivity contribution in [3.05, 3.63) is 29.8 Å². The molecule has 0 aromatic heterocycles. The molecular weight excluding hydrogens is 166 g/mol. The van der Waals surface area contributed by atoms with Crippen molar-refractivity contribution in [2.75, 3.05) is 13.2 Å². The van der Waals surface area contributed by atoms with E-state index in [2.05, 4.69) is 0 Å². The van der Waals surface area contributed by atoms with Gasteiger partial charge in [0.05, 0.1) is 6.61 Å². The lowest BCUT2D eigenvalue weighted by molar-refractivity contribution is 0.201. The summed E-state index contributed by atoms with van der Waals surface area (Å²) < 4.78 is 5.20. The highest BCUT2D eigenvalue weighted by molar-refractivity contribution is 5.28.